The molecular weight excluding hydrogens is 198 g/mol. The van der Waals surface area contributed by atoms with Gasteiger partial charge in [-0.1, -0.05) is 20.3 Å². The molecule has 0 amide bonds. The highest BCUT2D eigenvalue weighted by Gasteiger charge is 2.14. The molecule has 86 valence electrons. The molecule has 0 fully saturated rings. The molecular formula is C10H23NO2S. The van der Waals surface area contributed by atoms with Gasteiger partial charge in [0.2, 0.25) is 0 Å². The first-order valence-corrected chi connectivity index (χ1v) is 7.04. The largest absolute Gasteiger partial charge is 0.315 e. The minimum atomic E-state index is -2.87. The Hall–Kier alpha value is -0.0900. The van der Waals surface area contributed by atoms with Gasteiger partial charge in [-0.25, -0.2) is 8.42 Å². The van der Waals surface area contributed by atoms with Gasteiger partial charge in [0, 0.05) is 6.54 Å². The van der Waals surface area contributed by atoms with Crippen molar-refractivity contribution in [3.63, 3.8) is 0 Å². The normalized spacial score (nSPS) is 14.6. The summed E-state index contributed by atoms with van der Waals surface area (Å²) in [4.78, 5) is 0. The van der Waals surface area contributed by atoms with E-state index in [1.165, 1.54) is 0 Å². The number of rotatable bonds is 7. The van der Waals surface area contributed by atoms with E-state index in [0.717, 1.165) is 13.0 Å². The third kappa shape index (κ3) is 5.60. The van der Waals surface area contributed by atoms with Gasteiger partial charge in [-0.15, -0.1) is 0 Å². The first-order chi connectivity index (χ1) is 6.40. The molecule has 0 saturated heterocycles. The zero-order valence-electron chi connectivity index (χ0n) is 9.71. The van der Waals surface area contributed by atoms with Crippen LogP contribution in [-0.2, 0) is 9.84 Å². The maximum atomic E-state index is 11.4. The van der Waals surface area contributed by atoms with Crippen LogP contribution in [0.1, 0.15) is 34.1 Å². The molecule has 0 aromatic rings. The molecule has 0 radical (unpaired) electrons. The van der Waals surface area contributed by atoms with Crippen molar-refractivity contribution in [1.29, 1.82) is 0 Å². The number of hydrogen-bond acceptors (Lipinski definition) is 3. The minimum absolute atomic E-state index is 0.251. The van der Waals surface area contributed by atoms with Crippen LogP contribution in [0.5, 0.6) is 0 Å². The van der Waals surface area contributed by atoms with Gasteiger partial charge in [-0.3, -0.25) is 0 Å². The van der Waals surface area contributed by atoms with Crippen molar-refractivity contribution in [1.82, 2.24) is 5.32 Å². The lowest BCUT2D eigenvalue weighted by molar-refractivity contribution is 0.507. The Morgan fingerprint density at radius 1 is 1.21 bits per heavy atom. The average Bonchev–Trinajstić information content (AvgIpc) is 2.11. The Morgan fingerprint density at radius 3 is 2.21 bits per heavy atom. The third-order valence-corrected chi connectivity index (χ3v) is 4.68. The Bertz CT molecular complexity index is 235. The lowest BCUT2D eigenvalue weighted by Crippen LogP contribution is -2.29. The van der Waals surface area contributed by atoms with Gasteiger partial charge in [0.25, 0.3) is 0 Å². The predicted octanol–water partition coefficient (Wildman–Crippen LogP) is 1.45. The van der Waals surface area contributed by atoms with Crippen LogP contribution in [-0.4, -0.2) is 32.5 Å². The van der Waals surface area contributed by atoms with Crippen LogP contribution in [0, 0.1) is 5.92 Å². The van der Waals surface area contributed by atoms with Crippen LogP contribution in [0.25, 0.3) is 0 Å². The highest BCUT2D eigenvalue weighted by Crippen LogP contribution is 2.00. The monoisotopic (exact) mass is 221 g/mol. The van der Waals surface area contributed by atoms with Crippen molar-refractivity contribution in [2.75, 3.05) is 18.8 Å². The average molecular weight is 221 g/mol. The summed E-state index contributed by atoms with van der Waals surface area (Å²) in [5, 5.41) is 2.91. The molecule has 0 bridgehead atoms. The summed E-state index contributed by atoms with van der Waals surface area (Å²) in [7, 11) is -2.87. The Morgan fingerprint density at radius 2 is 1.79 bits per heavy atom. The Labute approximate surface area is 88.2 Å². The first-order valence-electron chi connectivity index (χ1n) is 5.32. The van der Waals surface area contributed by atoms with Crippen LogP contribution in [0.4, 0.5) is 0 Å². The van der Waals surface area contributed by atoms with Gasteiger partial charge in [-0.05, 0) is 26.3 Å². The van der Waals surface area contributed by atoms with Crippen LogP contribution < -0.4 is 5.32 Å². The SMILES string of the molecule is CCC(C)CNCCS(=O)(=O)C(C)C. The lowest BCUT2D eigenvalue weighted by Gasteiger charge is -2.11. The van der Waals surface area contributed by atoms with Crippen molar-refractivity contribution in [2.45, 2.75) is 39.4 Å². The molecule has 0 spiro atoms. The minimum Gasteiger partial charge on any atom is -0.315 e. The number of nitrogens with one attached hydrogen (secondary N) is 1. The van der Waals surface area contributed by atoms with Crippen LogP contribution in [0.2, 0.25) is 0 Å². The molecule has 0 aromatic heterocycles. The standard InChI is InChI=1S/C10H23NO2S/c1-5-10(4)8-11-6-7-14(12,13)9(2)3/h9-11H,5-8H2,1-4H3. The van der Waals surface area contributed by atoms with E-state index >= 15 is 0 Å². The summed E-state index contributed by atoms with van der Waals surface area (Å²) in [5.41, 5.74) is 0. The molecule has 1 N–H and O–H groups in total. The van der Waals surface area contributed by atoms with E-state index in [1.54, 1.807) is 13.8 Å². The molecule has 14 heavy (non-hydrogen) atoms. The second-order valence-electron chi connectivity index (χ2n) is 4.13. The molecule has 0 saturated carbocycles. The van der Waals surface area contributed by atoms with Gasteiger partial charge in [0.05, 0.1) is 11.0 Å². The summed E-state index contributed by atoms with van der Waals surface area (Å²) in [5.74, 6) is 0.873. The summed E-state index contributed by atoms with van der Waals surface area (Å²) < 4.78 is 22.8. The van der Waals surface area contributed by atoms with E-state index < -0.39 is 9.84 Å². The maximum Gasteiger partial charge on any atom is 0.153 e. The summed E-state index contributed by atoms with van der Waals surface area (Å²) in [6, 6.07) is 0. The fraction of sp³-hybridized carbons (Fsp3) is 1.00. The number of hydrogen-bond donors (Lipinski definition) is 1. The zero-order valence-corrected chi connectivity index (χ0v) is 10.5. The van der Waals surface area contributed by atoms with Gasteiger partial charge in [0.1, 0.15) is 0 Å². The van der Waals surface area contributed by atoms with E-state index in [0.29, 0.717) is 12.5 Å². The van der Waals surface area contributed by atoms with Crippen molar-refractivity contribution in [2.24, 2.45) is 5.92 Å². The van der Waals surface area contributed by atoms with Crippen molar-refractivity contribution < 1.29 is 8.42 Å². The second kappa shape index (κ2) is 6.40. The van der Waals surface area contributed by atoms with Gasteiger partial charge in [0.15, 0.2) is 9.84 Å². The molecule has 3 nitrogen and oxygen atoms in total. The van der Waals surface area contributed by atoms with Crippen molar-refractivity contribution in [3.05, 3.63) is 0 Å². The number of sulfone groups is 1. The molecule has 0 aliphatic rings. The summed E-state index contributed by atoms with van der Waals surface area (Å²) in [6.07, 6.45) is 1.13. The molecule has 0 aliphatic carbocycles. The summed E-state index contributed by atoms with van der Waals surface area (Å²) in [6.45, 7) is 9.23. The molecule has 0 aromatic carbocycles. The van der Waals surface area contributed by atoms with Crippen molar-refractivity contribution >= 4 is 9.84 Å². The Kier molecular flexibility index (Phi) is 6.36. The van der Waals surface area contributed by atoms with E-state index in [4.69, 9.17) is 0 Å². The van der Waals surface area contributed by atoms with Gasteiger partial charge >= 0.3 is 0 Å². The topological polar surface area (TPSA) is 46.2 Å². The fourth-order valence-corrected chi connectivity index (χ4v) is 1.84. The molecule has 1 atom stereocenters. The van der Waals surface area contributed by atoms with Crippen LogP contribution in [0.15, 0.2) is 0 Å². The van der Waals surface area contributed by atoms with Crippen LogP contribution in [0.3, 0.4) is 0 Å². The maximum absolute atomic E-state index is 11.4. The highest BCUT2D eigenvalue weighted by atomic mass is 32.2. The highest BCUT2D eigenvalue weighted by molar-refractivity contribution is 7.92. The summed E-state index contributed by atoms with van der Waals surface area (Å²) >= 11 is 0. The second-order valence-corrected chi connectivity index (χ2v) is 6.81. The molecule has 0 aliphatic heterocycles. The molecule has 4 heteroatoms. The van der Waals surface area contributed by atoms with Gasteiger partial charge in [-0.2, -0.15) is 0 Å². The molecule has 0 heterocycles. The van der Waals surface area contributed by atoms with E-state index in [1.807, 2.05) is 0 Å². The molecule has 0 rings (SSSR count). The smallest absolute Gasteiger partial charge is 0.153 e. The first kappa shape index (κ1) is 13.9. The van der Waals surface area contributed by atoms with E-state index in [9.17, 15) is 8.42 Å². The van der Waals surface area contributed by atoms with E-state index in [2.05, 4.69) is 19.2 Å². The predicted molar refractivity (Wildman–Crippen MR) is 61.2 cm³/mol. The lowest BCUT2D eigenvalue weighted by atomic mass is 10.1. The van der Waals surface area contributed by atoms with Crippen LogP contribution >= 0.6 is 0 Å². The fourth-order valence-electron chi connectivity index (χ4n) is 0.943. The molecule has 1 unspecified atom stereocenters. The Balaban J connectivity index is 3.65. The van der Waals surface area contributed by atoms with Gasteiger partial charge < -0.3 is 5.32 Å². The quantitative estimate of drug-likeness (QED) is 0.662. The zero-order chi connectivity index (χ0) is 11.2. The van der Waals surface area contributed by atoms with E-state index in [-0.39, 0.29) is 11.0 Å². The third-order valence-electron chi connectivity index (χ3n) is 2.47. The van der Waals surface area contributed by atoms with Crippen molar-refractivity contribution in [3.8, 4) is 0 Å².